The molecule has 0 radical (unpaired) electrons. The lowest BCUT2D eigenvalue weighted by atomic mass is 9.90. The van der Waals surface area contributed by atoms with Crippen LogP contribution in [0.4, 0.5) is 0 Å². The van der Waals surface area contributed by atoms with E-state index in [2.05, 4.69) is 29.4 Å². The third-order valence-electron chi connectivity index (χ3n) is 6.84. The van der Waals surface area contributed by atoms with Gasteiger partial charge in [0.2, 0.25) is 5.91 Å². The summed E-state index contributed by atoms with van der Waals surface area (Å²) in [4.78, 5) is 28.5. The van der Waals surface area contributed by atoms with Crippen molar-refractivity contribution in [3.63, 3.8) is 0 Å². The van der Waals surface area contributed by atoms with Crippen molar-refractivity contribution in [3.8, 4) is 0 Å². The molecule has 2 aromatic carbocycles. The molecule has 0 N–H and O–H groups in total. The van der Waals surface area contributed by atoms with Crippen molar-refractivity contribution >= 4 is 27.7 Å². The van der Waals surface area contributed by atoms with Gasteiger partial charge in [0.15, 0.2) is 0 Å². The first kappa shape index (κ1) is 20.5. The van der Waals surface area contributed by atoms with Crippen molar-refractivity contribution in [1.82, 2.24) is 19.2 Å². The van der Waals surface area contributed by atoms with E-state index in [9.17, 15) is 9.59 Å². The highest BCUT2D eigenvalue weighted by Crippen LogP contribution is 2.31. The number of likely N-dealkylation sites (tertiary alicyclic amines) is 1. The van der Waals surface area contributed by atoms with E-state index < -0.39 is 6.04 Å². The molecule has 1 amide bonds. The molecule has 0 saturated carbocycles. The summed E-state index contributed by atoms with van der Waals surface area (Å²) >= 11 is 0. The molecule has 0 bridgehead atoms. The van der Waals surface area contributed by atoms with Crippen LogP contribution < -0.4 is 5.56 Å². The van der Waals surface area contributed by atoms with Crippen LogP contribution in [0.5, 0.6) is 0 Å². The maximum atomic E-state index is 13.5. The lowest BCUT2D eigenvalue weighted by Crippen LogP contribution is -2.42. The van der Waals surface area contributed by atoms with Gasteiger partial charge in [-0.05, 0) is 43.7 Å². The molecule has 1 aliphatic rings. The minimum absolute atomic E-state index is 0.0738. The molecule has 0 aliphatic carbocycles. The van der Waals surface area contributed by atoms with E-state index in [1.807, 2.05) is 46.7 Å². The number of aromatic nitrogens is 3. The number of para-hydroxylation sites is 1. The van der Waals surface area contributed by atoms with E-state index in [0.717, 1.165) is 48.6 Å². The van der Waals surface area contributed by atoms with Gasteiger partial charge < -0.3 is 9.47 Å². The molecule has 164 valence electrons. The van der Waals surface area contributed by atoms with Crippen LogP contribution in [0.25, 0.3) is 21.8 Å². The molecular formula is C26H28N4O2. The van der Waals surface area contributed by atoms with E-state index in [1.54, 1.807) is 13.2 Å². The first-order chi connectivity index (χ1) is 15.5. The van der Waals surface area contributed by atoms with Gasteiger partial charge in [-0.3, -0.25) is 9.59 Å². The van der Waals surface area contributed by atoms with Gasteiger partial charge in [-0.2, -0.15) is 5.10 Å². The van der Waals surface area contributed by atoms with Gasteiger partial charge in [0.05, 0.1) is 11.7 Å². The fourth-order valence-electron chi connectivity index (χ4n) is 5.07. The zero-order chi connectivity index (χ0) is 22.2. The molecule has 5 rings (SSSR count). The number of aryl methyl sites for hydroxylation is 1. The van der Waals surface area contributed by atoms with Crippen LogP contribution in [0.2, 0.25) is 0 Å². The fraction of sp³-hybridized carbons (Fsp3) is 0.346. The van der Waals surface area contributed by atoms with Gasteiger partial charge in [-0.15, -0.1) is 0 Å². The summed E-state index contributed by atoms with van der Waals surface area (Å²) < 4.78 is 3.25. The SMILES string of the molecule is C[C@@H](C(=O)N1CCC(Cc2ccccc2)CC1)n1c2ccccc2c2cnn(C)c(=O)c21. The Hall–Kier alpha value is -3.41. The Balaban J connectivity index is 1.41. The fourth-order valence-corrected chi connectivity index (χ4v) is 5.07. The second-order valence-electron chi connectivity index (χ2n) is 8.86. The van der Waals surface area contributed by atoms with Crippen molar-refractivity contribution in [1.29, 1.82) is 0 Å². The number of piperidine rings is 1. The summed E-state index contributed by atoms with van der Waals surface area (Å²) in [6.07, 6.45) is 4.80. The third kappa shape index (κ3) is 3.49. The minimum atomic E-state index is -0.460. The molecule has 1 aliphatic heterocycles. The standard InChI is InChI=1S/C26H28N4O2/c1-18(25(31)29-14-12-20(13-15-29)16-19-8-4-3-5-9-19)30-23-11-7-6-10-21(23)22-17-27-28(2)26(32)24(22)30/h3-11,17-18,20H,12-16H2,1-2H3/t18-/m0/s1. The van der Waals surface area contributed by atoms with Crippen molar-refractivity contribution in [2.45, 2.75) is 32.2 Å². The zero-order valence-corrected chi connectivity index (χ0v) is 18.6. The number of hydrogen-bond acceptors (Lipinski definition) is 3. The molecule has 1 fully saturated rings. The van der Waals surface area contributed by atoms with Crippen LogP contribution in [0.15, 0.2) is 65.6 Å². The molecule has 1 atom stereocenters. The number of rotatable bonds is 4. The van der Waals surface area contributed by atoms with Crippen molar-refractivity contribution in [3.05, 3.63) is 76.7 Å². The Morgan fingerprint density at radius 1 is 1.03 bits per heavy atom. The normalized spacial score (nSPS) is 16.0. The van der Waals surface area contributed by atoms with E-state index in [-0.39, 0.29) is 11.5 Å². The van der Waals surface area contributed by atoms with Crippen LogP contribution in [-0.4, -0.2) is 38.2 Å². The van der Waals surface area contributed by atoms with Gasteiger partial charge in [0, 0.05) is 30.9 Å². The summed E-state index contributed by atoms with van der Waals surface area (Å²) in [6.45, 7) is 3.43. The predicted octanol–water partition coefficient (Wildman–Crippen LogP) is 3.93. The van der Waals surface area contributed by atoms with E-state index in [1.165, 1.54) is 10.2 Å². The summed E-state index contributed by atoms with van der Waals surface area (Å²) in [5, 5.41) is 5.95. The number of benzene rings is 2. The largest absolute Gasteiger partial charge is 0.341 e. The Kier molecular flexibility index (Phi) is 5.29. The maximum absolute atomic E-state index is 13.5. The van der Waals surface area contributed by atoms with E-state index in [0.29, 0.717) is 11.4 Å². The lowest BCUT2D eigenvalue weighted by Gasteiger charge is -2.34. The second-order valence-corrected chi connectivity index (χ2v) is 8.86. The summed E-state index contributed by atoms with van der Waals surface area (Å²) in [5.74, 6) is 0.674. The number of carbonyl (C=O) groups excluding carboxylic acids is 1. The summed E-state index contributed by atoms with van der Waals surface area (Å²) in [7, 11) is 1.65. The van der Waals surface area contributed by atoms with Crippen molar-refractivity contribution < 1.29 is 4.79 Å². The third-order valence-corrected chi connectivity index (χ3v) is 6.84. The minimum Gasteiger partial charge on any atom is -0.341 e. The molecule has 0 unspecified atom stereocenters. The molecule has 1 saturated heterocycles. The number of amides is 1. The second kappa shape index (κ2) is 8.26. The predicted molar refractivity (Wildman–Crippen MR) is 127 cm³/mol. The molecule has 4 aromatic rings. The number of hydrogen-bond donors (Lipinski definition) is 0. The van der Waals surface area contributed by atoms with Crippen molar-refractivity contribution in [2.75, 3.05) is 13.1 Å². The van der Waals surface area contributed by atoms with Crippen LogP contribution in [0.3, 0.4) is 0 Å². The van der Waals surface area contributed by atoms with Crippen LogP contribution >= 0.6 is 0 Å². The highest BCUT2D eigenvalue weighted by Gasteiger charge is 2.29. The number of nitrogens with zero attached hydrogens (tertiary/aromatic N) is 4. The zero-order valence-electron chi connectivity index (χ0n) is 18.6. The van der Waals surface area contributed by atoms with E-state index >= 15 is 0 Å². The van der Waals surface area contributed by atoms with Gasteiger partial charge in [-0.25, -0.2) is 4.68 Å². The van der Waals surface area contributed by atoms with Gasteiger partial charge >= 0.3 is 0 Å². The van der Waals surface area contributed by atoms with Crippen molar-refractivity contribution in [2.24, 2.45) is 13.0 Å². The Bertz CT molecular complexity index is 1330. The monoisotopic (exact) mass is 428 g/mol. The lowest BCUT2D eigenvalue weighted by molar-refractivity contribution is -0.135. The molecule has 0 spiro atoms. The van der Waals surface area contributed by atoms with Crippen LogP contribution in [0, 0.1) is 5.92 Å². The Labute approximate surface area is 187 Å². The van der Waals surface area contributed by atoms with Gasteiger partial charge in [0.1, 0.15) is 11.6 Å². The first-order valence-electron chi connectivity index (χ1n) is 11.3. The van der Waals surface area contributed by atoms with Crippen LogP contribution in [-0.2, 0) is 18.3 Å². The first-order valence-corrected chi connectivity index (χ1v) is 11.3. The Morgan fingerprint density at radius 3 is 2.47 bits per heavy atom. The summed E-state index contributed by atoms with van der Waals surface area (Å²) in [5.41, 5.74) is 2.62. The van der Waals surface area contributed by atoms with Crippen LogP contribution in [0.1, 0.15) is 31.4 Å². The summed E-state index contributed by atoms with van der Waals surface area (Å²) in [6, 6.07) is 18.0. The molecule has 6 heteroatoms. The molecular weight excluding hydrogens is 400 g/mol. The smallest absolute Gasteiger partial charge is 0.291 e. The Morgan fingerprint density at radius 2 is 1.72 bits per heavy atom. The number of fused-ring (bicyclic) bond motifs is 3. The average Bonchev–Trinajstić information content (AvgIpc) is 3.17. The van der Waals surface area contributed by atoms with E-state index in [4.69, 9.17) is 0 Å². The number of carbonyl (C=O) groups is 1. The molecule has 3 heterocycles. The highest BCUT2D eigenvalue weighted by atomic mass is 16.2. The average molecular weight is 429 g/mol. The topological polar surface area (TPSA) is 60.1 Å². The van der Waals surface area contributed by atoms with Gasteiger partial charge in [-0.1, -0.05) is 48.5 Å². The highest BCUT2D eigenvalue weighted by molar-refractivity contribution is 6.08. The molecule has 32 heavy (non-hydrogen) atoms. The quantitative estimate of drug-likeness (QED) is 0.495. The molecule has 6 nitrogen and oxygen atoms in total. The molecule has 2 aromatic heterocycles. The van der Waals surface area contributed by atoms with Gasteiger partial charge in [0.25, 0.3) is 5.56 Å². The maximum Gasteiger partial charge on any atom is 0.291 e.